The fourth-order valence-corrected chi connectivity index (χ4v) is 4.85. The number of amides is 1. The summed E-state index contributed by atoms with van der Waals surface area (Å²) in [5, 5.41) is 17.7. The minimum absolute atomic E-state index is 0.0369. The van der Waals surface area contributed by atoms with Gasteiger partial charge in [0.2, 0.25) is 5.91 Å². The van der Waals surface area contributed by atoms with Gasteiger partial charge in [-0.25, -0.2) is 18.4 Å². The normalized spacial score (nSPS) is 14.0. The molecule has 4 aromatic rings. The highest BCUT2D eigenvalue weighted by Gasteiger charge is 2.38. The summed E-state index contributed by atoms with van der Waals surface area (Å²) in [6.07, 6.45) is 4.38. The molecule has 36 heavy (non-hydrogen) atoms. The summed E-state index contributed by atoms with van der Waals surface area (Å²) in [7, 11) is -3.54. The van der Waals surface area contributed by atoms with Crippen molar-refractivity contribution in [1.29, 1.82) is 0 Å². The third kappa shape index (κ3) is 4.23. The SMILES string of the molecule is CC1(C)C(=O)Nc2cc(C#Cc3nccc4cnc(Nc5ccc(S(C)(=O)=O)c(O)c5)cc34)ccc21. The molecule has 1 amide bonds. The highest BCUT2D eigenvalue weighted by Crippen LogP contribution is 2.37. The predicted molar refractivity (Wildman–Crippen MR) is 138 cm³/mol. The molecule has 8 nitrogen and oxygen atoms in total. The number of hydrogen-bond acceptors (Lipinski definition) is 7. The number of benzene rings is 2. The van der Waals surface area contributed by atoms with Gasteiger partial charge in [0.05, 0.1) is 5.41 Å². The van der Waals surface area contributed by atoms with Gasteiger partial charge >= 0.3 is 0 Å². The third-order valence-electron chi connectivity index (χ3n) is 6.11. The summed E-state index contributed by atoms with van der Waals surface area (Å²) >= 11 is 0. The molecule has 0 unspecified atom stereocenters. The van der Waals surface area contributed by atoms with Crippen molar-refractivity contribution in [2.45, 2.75) is 24.2 Å². The summed E-state index contributed by atoms with van der Waals surface area (Å²) in [6, 6.07) is 13.5. The molecule has 0 aliphatic carbocycles. The molecule has 5 rings (SSSR count). The molecule has 2 aromatic carbocycles. The number of pyridine rings is 2. The van der Waals surface area contributed by atoms with Crippen LogP contribution in [0.3, 0.4) is 0 Å². The van der Waals surface area contributed by atoms with Gasteiger partial charge in [-0.05, 0) is 61.7 Å². The zero-order chi connectivity index (χ0) is 25.7. The zero-order valence-electron chi connectivity index (χ0n) is 19.7. The summed E-state index contributed by atoms with van der Waals surface area (Å²) in [5.74, 6) is 6.34. The Morgan fingerprint density at radius 1 is 1.03 bits per heavy atom. The zero-order valence-corrected chi connectivity index (χ0v) is 20.6. The van der Waals surface area contributed by atoms with Crippen LogP contribution in [-0.4, -0.2) is 35.7 Å². The van der Waals surface area contributed by atoms with Crippen molar-refractivity contribution in [3.05, 3.63) is 77.7 Å². The number of fused-ring (bicyclic) bond motifs is 2. The topological polar surface area (TPSA) is 121 Å². The molecular formula is C27H22N4O4S. The highest BCUT2D eigenvalue weighted by atomic mass is 32.2. The fourth-order valence-electron chi connectivity index (χ4n) is 4.09. The number of sulfone groups is 1. The van der Waals surface area contributed by atoms with Crippen LogP contribution >= 0.6 is 0 Å². The average Bonchev–Trinajstić information content (AvgIpc) is 3.04. The number of rotatable bonds is 3. The first kappa shape index (κ1) is 23.3. The Morgan fingerprint density at radius 3 is 2.58 bits per heavy atom. The molecule has 2 aromatic heterocycles. The lowest BCUT2D eigenvalue weighted by molar-refractivity contribution is -0.119. The maximum atomic E-state index is 12.2. The Morgan fingerprint density at radius 2 is 1.83 bits per heavy atom. The van der Waals surface area contributed by atoms with Crippen LogP contribution in [0.5, 0.6) is 5.75 Å². The van der Waals surface area contributed by atoms with E-state index < -0.39 is 15.3 Å². The van der Waals surface area contributed by atoms with Crippen molar-refractivity contribution in [1.82, 2.24) is 9.97 Å². The molecule has 0 spiro atoms. The van der Waals surface area contributed by atoms with Crippen molar-refractivity contribution in [2.24, 2.45) is 0 Å². The second-order valence-corrected chi connectivity index (χ2v) is 11.1. The van der Waals surface area contributed by atoms with Crippen LogP contribution in [-0.2, 0) is 20.0 Å². The maximum Gasteiger partial charge on any atom is 0.234 e. The molecule has 0 saturated carbocycles. The Kier molecular flexibility index (Phi) is 5.42. The molecule has 1 aliphatic heterocycles. The Balaban J connectivity index is 1.46. The van der Waals surface area contributed by atoms with E-state index in [1.165, 1.54) is 12.1 Å². The molecule has 0 radical (unpaired) electrons. The smallest absolute Gasteiger partial charge is 0.234 e. The van der Waals surface area contributed by atoms with Crippen LogP contribution in [0.1, 0.15) is 30.7 Å². The van der Waals surface area contributed by atoms with Crippen LogP contribution < -0.4 is 10.6 Å². The van der Waals surface area contributed by atoms with E-state index in [1.807, 2.05) is 38.1 Å². The number of phenols is 1. The number of hydrogen-bond donors (Lipinski definition) is 3. The minimum Gasteiger partial charge on any atom is -0.507 e. The lowest BCUT2D eigenvalue weighted by Crippen LogP contribution is -2.26. The summed E-state index contributed by atoms with van der Waals surface area (Å²) in [6.45, 7) is 3.78. The van der Waals surface area contributed by atoms with Gasteiger partial charge in [0.15, 0.2) is 9.84 Å². The van der Waals surface area contributed by atoms with E-state index in [4.69, 9.17) is 0 Å². The Hall–Kier alpha value is -4.42. The fraction of sp³-hybridized carbons (Fsp3) is 0.148. The lowest BCUT2D eigenvalue weighted by Gasteiger charge is -2.14. The van der Waals surface area contributed by atoms with Gasteiger partial charge in [-0.15, -0.1) is 0 Å². The van der Waals surface area contributed by atoms with Gasteiger partial charge in [-0.1, -0.05) is 12.0 Å². The Labute approximate surface area is 208 Å². The van der Waals surface area contributed by atoms with Crippen molar-refractivity contribution < 1.29 is 18.3 Å². The number of anilines is 3. The molecule has 180 valence electrons. The number of phenolic OH excluding ortho intramolecular Hbond substituents is 1. The van der Waals surface area contributed by atoms with Crippen LogP contribution in [0.25, 0.3) is 10.8 Å². The van der Waals surface area contributed by atoms with Crippen LogP contribution in [0.2, 0.25) is 0 Å². The van der Waals surface area contributed by atoms with Gasteiger partial charge in [0, 0.05) is 52.4 Å². The van der Waals surface area contributed by atoms with E-state index in [1.54, 1.807) is 24.5 Å². The number of nitrogens with one attached hydrogen (secondary N) is 2. The van der Waals surface area contributed by atoms with E-state index >= 15 is 0 Å². The summed E-state index contributed by atoms with van der Waals surface area (Å²) in [5.41, 5.74) is 2.92. The number of carbonyl (C=O) groups excluding carboxylic acids is 1. The van der Waals surface area contributed by atoms with Gasteiger partial charge < -0.3 is 15.7 Å². The van der Waals surface area contributed by atoms with Crippen molar-refractivity contribution >= 4 is 43.7 Å². The van der Waals surface area contributed by atoms with Crippen molar-refractivity contribution in [2.75, 3.05) is 16.9 Å². The van der Waals surface area contributed by atoms with E-state index in [-0.39, 0.29) is 16.6 Å². The van der Waals surface area contributed by atoms with Gasteiger partial charge in [0.25, 0.3) is 0 Å². The maximum absolute atomic E-state index is 12.2. The molecule has 9 heteroatoms. The van der Waals surface area contributed by atoms with Gasteiger partial charge in [-0.2, -0.15) is 0 Å². The second-order valence-electron chi connectivity index (χ2n) is 9.12. The van der Waals surface area contributed by atoms with E-state index in [2.05, 4.69) is 32.4 Å². The monoisotopic (exact) mass is 498 g/mol. The Bertz CT molecular complexity index is 1730. The first-order valence-corrected chi connectivity index (χ1v) is 12.9. The molecule has 1 aliphatic rings. The van der Waals surface area contributed by atoms with Crippen molar-refractivity contribution in [3.8, 4) is 17.6 Å². The van der Waals surface area contributed by atoms with Crippen LogP contribution in [0.15, 0.2) is 65.8 Å². The van der Waals surface area contributed by atoms with E-state index in [0.29, 0.717) is 17.2 Å². The largest absolute Gasteiger partial charge is 0.507 e. The van der Waals surface area contributed by atoms with E-state index in [0.717, 1.165) is 33.8 Å². The molecule has 3 heterocycles. The minimum atomic E-state index is -3.54. The highest BCUT2D eigenvalue weighted by molar-refractivity contribution is 7.90. The second kappa shape index (κ2) is 8.36. The first-order valence-electron chi connectivity index (χ1n) is 11.1. The molecule has 0 atom stereocenters. The molecule has 0 saturated heterocycles. The quantitative estimate of drug-likeness (QED) is 0.364. The molecule has 0 fully saturated rings. The molecule has 0 bridgehead atoms. The van der Waals surface area contributed by atoms with Gasteiger partial charge in [0.1, 0.15) is 22.2 Å². The number of carbonyl (C=O) groups is 1. The third-order valence-corrected chi connectivity index (χ3v) is 7.26. The number of aromatic hydroxyl groups is 1. The van der Waals surface area contributed by atoms with Crippen molar-refractivity contribution in [3.63, 3.8) is 0 Å². The van der Waals surface area contributed by atoms with Crippen LogP contribution in [0.4, 0.5) is 17.2 Å². The first-order chi connectivity index (χ1) is 17.0. The van der Waals surface area contributed by atoms with Crippen LogP contribution in [0, 0.1) is 11.8 Å². The predicted octanol–water partition coefficient (Wildman–Crippen LogP) is 4.11. The van der Waals surface area contributed by atoms with E-state index in [9.17, 15) is 18.3 Å². The summed E-state index contributed by atoms with van der Waals surface area (Å²) in [4.78, 5) is 20.9. The molecular weight excluding hydrogens is 476 g/mol. The standard InChI is InChI=1S/C27H22N4O4S/c1-27(2)20-7-4-16(12-22(20)31-26(27)33)5-8-21-19-14-25(29-15-17(19)10-11-28-21)30-18-6-9-24(23(32)13-18)36(3,34)35/h4,6-7,9-15,32H,1-3H3,(H,29,30)(H,31,33). The van der Waals surface area contributed by atoms with Gasteiger partial charge in [-0.3, -0.25) is 4.79 Å². The lowest BCUT2D eigenvalue weighted by atomic mass is 9.86. The summed E-state index contributed by atoms with van der Waals surface area (Å²) < 4.78 is 23.5. The number of nitrogens with zero attached hydrogens (tertiary/aromatic N) is 2. The average molecular weight is 499 g/mol. The number of aromatic nitrogens is 2. The molecule has 3 N–H and O–H groups in total.